The van der Waals surface area contributed by atoms with Gasteiger partial charge >= 0.3 is 5.97 Å². The van der Waals surface area contributed by atoms with E-state index in [-0.39, 0.29) is 12.3 Å². The molecule has 0 atom stereocenters. The van der Waals surface area contributed by atoms with E-state index in [1.54, 1.807) is 4.57 Å². The van der Waals surface area contributed by atoms with Crippen LogP contribution in [0.2, 0.25) is 0 Å². The van der Waals surface area contributed by atoms with E-state index in [2.05, 4.69) is 19.6 Å². The summed E-state index contributed by atoms with van der Waals surface area (Å²) in [5, 5.41) is 12.5. The Morgan fingerprint density at radius 1 is 1.56 bits per heavy atom. The molecule has 1 N–H and O–H groups in total. The first kappa shape index (κ1) is 12.3. The number of aromatic nitrogens is 4. The van der Waals surface area contributed by atoms with Crippen LogP contribution >= 0.6 is 11.8 Å². The number of aliphatic carboxylic acids is 1. The highest BCUT2D eigenvalue weighted by molar-refractivity contribution is 7.99. The number of nitrogens with zero attached hydrogens (tertiary/aromatic N) is 4. The van der Waals surface area contributed by atoms with Crippen LogP contribution in [0.3, 0.4) is 0 Å². The molecule has 0 aliphatic carbocycles. The zero-order valence-corrected chi connectivity index (χ0v) is 9.83. The molecule has 0 aromatic carbocycles. The highest BCUT2D eigenvalue weighted by Gasteiger charge is 2.09. The van der Waals surface area contributed by atoms with Crippen LogP contribution in [0.25, 0.3) is 0 Å². The second-order valence-corrected chi connectivity index (χ2v) is 4.15. The number of rotatable bonds is 5. The molecule has 0 bridgehead atoms. The van der Waals surface area contributed by atoms with E-state index in [1.165, 1.54) is 18.7 Å². The van der Waals surface area contributed by atoms with Crippen molar-refractivity contribution in [1.29, 1.82) is 0 Å². The molecule has 94 valence electrons. The molecule has 0 amide bonds. The van der Waals surface area contributed by atoms with E-state index in [0.717, 1.165) is 11.8 Å². The number of hydrogen-bond acceptors (Lipinski definition) is 7. The van der Waals surface area contributed by atoms with E-state index >= 15 is 0 Å². The molecule has 0 unspecified atom stereocenters. The highest BCUT2D eigenvalue weighted by atomic mass is 32.2. The van der Waals surface area contributed by atoms with Crippen molar-refractivity contribution < 1.29 is 14.4 Å². The van der Waals surface area contributed by atoms with Gasteiger partial charge in [0.25, 0.3) is 5.56 Å². The van der Waals surface area contributed by atoms with Crippen LogP contribution in [0, 0.1) is 0 Å². The largest absolute Gasteiger partial charge is 0.481 e. The molecule has 8 nitrogen and oxygen atoms in total. The molecule has 18 heavy (non-hydrogen) atoms. The Bertz CT molecular complexity index is 595. The van der Waals surface area contributed by atoms with Gasteiger partial charge in [-0.05, 0) is 0 Å². The van der Waals surface area contributed by atoms with E-state index < -0.39 is 11.5 Å². The summed E-state index contributed by atoms with van der Waals surface area (Å²) in [7, 11) is 0. The van der Waals surface area contributed by atoms with Gasteiger partial charge in [-0.2, -0.15) is 9.97 Å². The molecular formula is C9H8N4O4S. The second-order valence-electron chi connectivity index (χ2n) is 3.21. The van der Waals surface area contributed by atoms with E-state index in [1.807, 2.05) is 0 Å². The van der Waals surface area contributed by atoms with Crippen molar-refractivity contribution in [2.24, 2.45) is 0 Å². The summed E-state index contributed by atoms with van der Waals surface area (Å²) in [6.45, 7) is 0.256. The van der Waals surface area contributed by atoms with E-state index in [4.69, 9.17) is 5.11 Å². The van der Waals surface area contributed by atoms with Crippen molar-refractivity contribution >= 4 is 17.7 Å². The minimum Gasteiger partial charge on any atom is -0.481 e. The maximum Gasteiger partial charge on any atom is 0.313 e. The average Bonchev–Trinajstić information content (AvgIpc) is 2.82. The van der Waals surface area contributed by atoms with Gasteiger partial charge in [-0.25, -0.2) is 0 Å². The predicted octanol–water partition coefficient (Wildman–Crippen LogP) is -0.149. The lowest BCUT2D eigenvalue weighted by atomic mass is 10.5. The molecule has 0 fully saturated rings. The van der Waals surface area contributed by atoms with Crippen molar-refractivity contribution in [3.63, 3.8) is 0 Å². The van der Waals surface area contributed by atoms with Gasteiger partial charge in [0.1, 0.15) is 0 Å². The Morgan fingerprint density at radius 2 is 2.39 bits per heavy atom. The molecule has 0 aliphatic heterocycles. The van der Waals surface area contributed by atoms with Gasteiger partial charge in [0.15, 0.2) is 11.0 Å². The van der Waals surface area contributed by atoms with Gasteiger partial charge < -0.3 is 14.2 Å². The molecule has 2 aromatic rings. The minimum atomic E-state index is -0.982. The molecule has 0 radical (unpaired) electrons. The van der Waals surface area contributed by atoms with Crippen LogP contribution < -0.4 is 5.56 Å². The Labute approximate surface area is 105 Å². The standard InChI is InChI=1S/C9H8N4O4S/c14-7-1-2-13(3-6-10-5-17-12-6)9(11-7)18-4-8(15)16/h1-2,5H,3-4H2,(H,15,16). The van der Waals surface area contributed by atoms with Gasteiger partial charge in [-0.1, -0.05) is 16.9 Å². The summed E-state index contributed by atoms with van der Waals surface area (Å²) in [6, 6.07) is 1.28. The van der Waals surface area contributed by atoms with Crippen molar-refractivity contribution in [3.05, 3.63) is 34.8 Å². The van der Waals surface area contributed by atoms with Crippen molar-refractivity contribution in [1.82, 2.24) is 19.7 Å². The van der Waals surface area contributed by atoms with E-state index in [9.17, 15) is 9.59 Å². The fraction of sp³-hybridized carbons (Fsp3) is 0.222. The van der Waals surface area contributed by atoms with Crippen LogP contribution in [-0.2, 0) is 11.3 Å². The molecular weight excluding hydrogens is 260 g/mol. The molecule has 2 rings (SSSR count). The number of carbonyl (C=O) groups is 1. The first-order valence-corrected chi connectivity index (χ1v) is 5.81. The topological polar surface area (TPSA) is 111 Å². The Kier molecular flexibility index (Phi) is 3.72. The minimum absolute atomic E-state index is 0.178. The maximum atomic E-state index is 11.2. The van der Waals surface area contributed by atoms with Crippen molar-refractivity contribution in [2.45, 2.75) is 11.7 Å². The number of carboxylic acids is 1. The van der Waals surface area contributed by atoms with Crippen LogP contribution in [0.4, 0.5) is 0 Å². The van der Waals surface area contributed by atoms with Crippen LogP contribution in [0.5, 0.6) is 0 Å². The number of thioether (sulfide) groups is 1. The van der Waals surface area contributed by atoms with Crippen LogP contribution in [0.15, 0.2) is 33.1 Å². The van der Waals surface area contributed by atoms with Gasteiger partial charge in [0.2, 0.25) is 6.39 Å². The zero-order chi connectivity index (χ0) is 13.0. The third kappa shape index (κ3) is 3.17. The Hall–Kier alpha value is -2.16. The average molecular weight is 268 g/mol. The van der Waals surface area contributed by atoms with Gasteiger partial charge in [-0.3, -0.25) is 9.59 Å². The predicted molar refractivity (Wildman–Crippen MR) is 60.3 cm³/mol. The van der Waals surface area contributed by atoms with E-state index in [0.29, 0.717) is 11.0 Å². The Morgan fingerprint density at radius 3 is 3.06 bits per heavy atom. The van der Waals surface area contributed by atoms with Crippen molar-refractivity contribution in [2.75, 3.05) is 5.75 Å². The lowest BCUT2D eigenvalue weighted by Gasteiger charge is -2.07. The Balaban J connectivity index is 2.22. The van der Waals surface area contributed by atoms with Gasteiger partial charge in [-0.15, -0.1) is 0 Å². The number of carboxylic acid groups (broad SMARTS) is 1. The summed E-state index contributed by atoms with van der Waals surface area (Å²) in [4.78, 5) is 29.3. The maximum absolute atomic E-state index is 11.2. The lowest BCUT2D eigenvalue weighted by molar-refractivity contribution is -0.133. The summed E-state index contributed by atoms with van der Waals surface area (Å²) < 4.78 is 6.17. The van der Waals surface area contributed by atoms with Crippen molar-refractivity contribution in [3.8, 4) is 0 Å². The molecule has 0 aliphatic rings. The summed E-state index contributed by atoms with van der Waals surface area (Å²) in [5.74, 6) is -0.746. The fourth-order valence-corrected chi connectivity index (χ4v) is 1.89. The third-order valence-corrected chi connectivity index (χ3v) is 2.87. The summed E-state index contributed by atoms with van der Waals surface area (Å²) >= 11 is 0.957. The molecule has 9 heteroatoms. The van der Waals surface area contributed by atoms with Crippen LogP contribution in [-0.4, -0.2) is 36.5 Å². The van der Waals surface area contributed by atoms with Crippen LogP contribution in [0.1, 0.15) is 5.82 Å². The van der Waals surface area contributed by atoms with Gasteiger partial charge in [0, 0.05) is 12.3 Å². The molecule has 0 saturated heterocycles. The lowest BCUT2D eigenvalue weighted by Crippen LogP contribution is -2.15. The fourth-order valence-electron chi connectivity index (χ4n) is 1.19. The molecule has 0 spiro atoms. The first-order chi connectivity index (χ1) is 8.65. The first-order valence-electron chi connectivity index (χ1n) is 4.82. The quantitative estimate of drug-likeness (QED) is 0.588. The SMILES string of the molecule is O=C(O)CSc1nc(=O)ccn1Cc1ncon1. The normalized spacial score (nSPS) is 10.4. The molecule has 2 aromatic heterocycles. The summed E-state index contributed by atoms with van der Waals surface area (Å²) in [6.07, 6.45) is 2.70. The molecule has 0 saturated carbocycles. The molecule has 2 heterocycles. The van der Waals surface area contributed by atoms with Gasteiger partial charge in [0.05, 0.1) is 12.3 Å². The smallest absolute Gasteiger partial charge is 0.313 e. The third-order valence-electron chi connectivity index (χ3n) is 1.89. The summed E-state index contributed by atoms with van der Waals surface area (Å²) in [5.41, 5.74) is -0.424. The monoisotopic (exact) mass is 268 g/mol. The zero-order valence-electron chi connectivity index (χ0n) is 9.02. The second kappa shape index (κ2) is 5.45. The highest BCUT2D eigenvalue weighted by Crippen LogP contribution is 2.14. The number of hydrogen-bond donors (Lipinski definition) is 1.